The summed E-state index contributed by atoms with van der Waals surface area (Å²) in [6.45, 7) is 9.35. The fourth-order valence-corrected chi connectivity index (χ4v) is 3.15. The number of likely N-dealkylation sites (tertiary alicyclic amines) is 2. The molecule has 2 fully saturated rings. The fraction of sp³-hybridized carbons (Fsp3) is 0.625. The van der Waals surface area contributed by atoms with Gasteiger partial charge in [-0.3, -0.25) is 9.69 Å². The van der Waals surface area contributed by atoms with E-state index in [1.165, 1.54) is 0 Å². The standard InChI is InChI=1S/C16H23N3O/c1-12-6-7-19(10-12)16(20)15-5-3-4-14(17-15)11-18-8-13(2)9-18/h3-5,12-13H,6-11H2,1-2H3. The Morgan fingerprint density at radius 3 is 2.70 bits per heavy atom. The molecular weight excluding hydrogens is 250 g/mol. The third kappa shape index (κ3) is 2.85. The Balaban J connectivity index is 1.66. The molecule has 3 rings (SSSR count). The quantitative estimate of drug-likeness (QED) is 0.845. The Morgan fingerprint density at radius 2 is 2.05 bits per heavy atom. The first-order chi connectivity index (χ1) is 9.61. The zero-order valence-corrected chi connectivity index (χ0v) is 12.4. The predicted molar refractivity (Wildman–Crippen MR) is 78.4 cm³/mol. The summed E-state index contributed by atoms with van der Waals surface area (Å²) in [5.41, 5.74) is 1.61. The van der Waals surface area contributed by atoms with Gasteiger partial charge in [0.05, 0.1) is 5.69 Å². The van der Waals surface area contributed by atoms with Crippen molar-refractivity contribution >= 4 is 5.91 Å². The summed E-state index contributed by atoms with van der Waals surface area (Å²) in [4.78, 5) is 21.3. The molecule has 0 aromatic carbocycles. The molecule has 1 aromatic rings. The van der Waals surface area contributed by atoms with Crippen molar-refractivity contribution in [3.63, 3.8) is 0 Å². The first-order valence-corrected chi connectivity index (χ1v) is 7.59. The molecule has 0 saturated carbocycles. The van der Waals surface area contributed by atoms with Gasteiger partial charge in [-0.25, -0.2) is 4.98 Å². The average molecular weight is 273 g/mol. The van der Waals surface area contributed by atoms with Gasteiger partial charge in [0.1, 0.15) is 5.69 Å². The van der Waals surface area contributed by atoms with Gasteiger partial charge in [0.2, 0.25) is 0 Å². The highest BCUT2D eigenvalue weighted by Gasteiger charge is 2.26. The van der Waals surface area contributed by atoms with E-state index in [1.807, 2.05) is 23.1 Å². The van der Waals surface area contributed by atoms with E-state index in [-0.39, 0.29) is 5.91 Å². The van der Waals surface area contributed by atoms with Crippen molar-refractivity contribution < 1.29 is 4.79 Å². The smallest absolute Gasteiger partial charge is 0.272 e. The van der Waals surface area contributed by atoms with Crippen LogP contribution in [0.5, 0.6) is 0 Å². The lowest BCUT2D eigenvalue weighted by Crippen LogP contribution is -2.44. The first kappa shape index (κ1) is 13.6. The summed E-state index contributed by atoms with van der Waals surface area (Å²) in [6.07, 6.45) is 1.11. The van der Waals surface area contributed by atoms with E-state index < -0.39 is 0 Å². The molecule has 4 nitrogen and oxygen atoms in total. The van der Waals surface area contributed by atoms with E-state index in [1.54, 1.807) is 0 Å². The van der Waals surface area contributed by atoms with Gasteiger partial charge in [0, 0.05) is 32.7 Å². The van der Waals surface area contributed by atoms with Crippen LogP contribution in [-0.4, -0.2) is 46.9 Å². The lowest BCUT2D eigenvalue weighted by molar-refractivity contribution is 0.0779. The number of hydrogen-bond donors (Lipinski definition) is 0. The second-order valence-electron chi connectivity index (χ2n) is 6.46. The highest BCUT2D eigenvalue weighted by molar-refractivity contribution is 5.92. The largest absolute Gasteiger partial charge is 0.337 e. The number of carbonyl (C=O) groups excluding carboxylic acids is 1. The minimum Gasteiger partial charge on any atom is -0.337 e. The molecule has 1 unspecified atom stereocenters. The van der Waals surface area contributed by atoms with Crippen LogP contribution in [0.2, 0.25) is 0 Å². The molecule has 0 bridgehead atoms. The molecule has 20 heavy (non-hydrogen) atoms. The highest BCUT2D eigenvalue weighted by Crippen LogP contribution is 2.19. The van der Waals surface area contributed by atoms with Crippen molar-refractivity contribution in [2.24, 2.45) is 11.8 Å². The van der Waals surface area contributed by atoms with E-state index in [4.69, 9.17) is 0 Å². The monoisotopic (exact) mass is 273 g/mol. The molecule has 1 aromatic heterocycles. The summed E-state index contributed by atoms with van der Waals surface area (Å²) in [6, 6.07) is 5.82. The normalized spacial score (nSPS) is 23.9. The van der Waals surface area contributed by atoms with Crippen LogP contribution in [0.3, 0.4) is 0 Å². The summed E-state index contributed by atoms with van der Waals surface area (Å²) < 4.78 is 0. The van der Waals surface area contributed by atoms with Crippen molar-refractivity contribution in [2.45, 2.75) is 26.8 Å². The molecule has 2 saturated heterocycles. The fourth-order valence-electron chi connectivity index (χ4n) is 3.15. The number of hydrogen-bond acceptors (Lipinski definition) is 3. The van der Waals surface area contributed by atoms with E-state index >= 15 is 0 Å². The minimum atomic E-state index is 0.0909. The molecule has 2 aliphatic rings. The van der Waals surface area contributed by atoms with E-state index in [9.17, 15) is 4.79 Å². The Morgan fingerprint density at radius 1 is 1.25 bits per heavy atom. The van der Waals surface area contributed by atoms with Gasteiger partial charge in [-0.1, -0.05) is 19.9 Å². The summed E-state index contributed by atoms with van der Waals surface area (Å²) in [5, 5.41) is 0. The van der Waals surface area contributed by atoms with Crippen LogP contribution in [0.4, 0.5) is 0 Å². The van der Waals surface area contributed by atoms with Crippen LogP contribution in [0.1, 0.15) is 36.5 Å². The summed E-state index contributed by atoms with van der Waals surface area (Å²) >= 11 is 0. The molecule has 0 radical (unpaired) electrons. The average Bonchev–Trinajstić information content (AvgIpc) is 2.83. The lowest BCUT2D eigenvalue weighted by Gasteiger charge is -2.36. The second-order valence-corrected chi connectivity index (χ2v) is 6.46. The van der Waals surface area contributed by atoms with Crippen molar-refractivity contribution in [1.82, 2.24) is 14.8 Å². The molecule has 0 spiro atoms. The molecular formula is C16H23N3O. The van der Waals surface area contributed by atoms with Crippen LogP contribution < -0.4 is 0 Å². The third-order valence-corrected chi connectivity index (χ3v) is 4.26. The molecule has 1 atom stereocenters. The molecule has 0 N–H and O–H groups in total. The van der Waals surface area contributed by atoms with Crippen molar-refractivity contribution in [2.75, 3.05) is 26.2 Å². The van der Waals surface area contributed by atoms with Crippen molar-refractivity contribution in [3.8, 4) is 0 Å². The number of aromatic nitrogens is 1. The maximum Gasteiger partial charge on any atom is 0.272 e. The zero-order valence-electron chi connectivity index (χ0n) is 12.4. The number of carbonyl (C=O) groups is 1. The third-order valence-electron chi connectivity index (χ3n) is 4.26. The zero-order chi connectivity index (χ0) is 14.1. The van der Waals surface area contributed by atoms with Gasteiger partial charge in [-0.05, 0) is 30.4 Å². The lowest BCUT2D eigenvalue weighted by atomic mass is 10.0. The van der Waals surface area contributed by atoms with Crippen LogP contribution in [0, 0.1) is 11.8 Å². The van der Waals surface area contributed by atoms with Gasteiger partial charge in [-0.2, -0.15) is 0 Å². The SMILES string of the molecule is CC1CN(Cc2cccc(C(=O)N3CCC(C)C3)n2)C1. The maximum atomic E-state index is 12.4. The Hall–Kier alpha value is -1.42. The van der Waals surface area contributed by atoms with Crippen LogP contribution in [0.15, 0.2) is 18.2 Å². The Bertz CT molecular complexity index is 496. The van der Waals surface area contributed by atoms with Gasteiger partial charge >= 0.3 is 0 Å². The van der Waals surface area contributed by atoms with Gasteiger partial charge < -0.3 is 4.90 Å². The number of pyridine rings is 1. The minimum absolute atomic E-state index is 0.0909. The van der Waals surface area contributed by atoms with Gasteiger partial charge in [-0.15, -0.1) is 0 Å². The first-order valence-electron chi connectivity index (χ1n) is 7.59. The Kier molecular flexibility index (Phi) is 3.74. The molecule has 1 amide bonds. The molecule has 3 heterocycles. The topological polar surface area (TPSA) is 36.4 Å². The molecule has 108 valence electrons. The number of nitrogens with zero attached hydrogens (tertiary/aromatic N) is 3. The summed E-state index contributed by atoms with van der Waals surface area (Å²) in [7, 11) is 0. The van der Waals surface area contributed by atoms with Crippen molar-refractivity contribution in [1.29, 1.82) is 0 Å². The molecule has 0 aliphatic carbocycles. The van der Waals surface area contributed by atoms with E-state index in [2.05, 4.69) is 23.7 Å². The predicted octanol–water partition coefficient (Wildman–Crippen LogP) is 2.02. The number of rotatable bonds is 3. The van der Waals surface area contributed by atoms with Gasteiger partial charge in [0.25, 0.3) is 5.91 Å². The maximum absolute atomic E-state index is 12.4. The van der Waals surface area contributed by atoms with Crippen molar-refractivity contribution in [3.05, 3.63) is 29.6 Å². The van der Waals surface area contributed by atoms with Crippen LogP contribution >= 0.6 is 0 Å². The Labute approximate surface area is 120 Å². The van der Waals surface area contributed by atoms with Crippen LogP contribution in [-0.2, 0) is 6.54 Å². The number of amides is 1. The second kappa shape index (κ2) is 5.52. The molecule has 2 aliphatic heterocycles. The van der Waals surface area contributed by atoms with E-state index in [0.717, 1.165) is 50.8 Å². The summed E-state index contributed by atoms with van der Waals surface area (Å²) in [5.74, 6) is 1.50. The molecule has 4 heteroatoms. The van der Waals surface area contributed by atoms with E-state index in [0.29, 0.717) is 11.6 Å². The van der Waals surface area contributed by atoms with Crippen LogP contribution in [0.25, 0.3) is 0 Å². The van der Waals surface area contributed by atoms with Gasteiger partial charge in [0.15, 0.2) is 0 Å². The highest BCUT2D eigenvalue weighted by atomic mass is 16.2.